The molecule has 0 aromatic heterocycles. The Morgan fingerprint density at radius 3 is 2.21 bits per heavy atom. The van der Waals surface area contributed by atoms with E-state index in [1.165, 1.54) is 6.07 Å². The van der Waals surface area contributed by atoms with Gasteiger partial charge >= 0.3 is 5.97 Å². The number of carbonyl (C=O) groups is 2. The summed E-state index contributed by atoms with van der Waals surface area (Å²) in [6, 6.07) is 9.30. The number of benzene rings is 2. The van der Waals surface area contributed by atoms with Crippen molar-refractivity contribution in [2.45, 2.75) is 18.9 Å². The van der Waals surface area contributed by atoms with Crippen molar-refractivity contribution < 1.29 is 23.5 Å². The second-order valence-electron chi connectivity index (χ2n) is 5.17. The maximum absolute atomic E-state index is 13.6. The van der Waals surface area contributed by atoms with E-state index < -0.39 is 36.0 Å². The molecule has 2 N–H and O–H groups in total. The largest absolute Gasteiger partial charge is 0.480 e. The Morgan fingerprint density at radius 2 is 1.67 bits per heavy atom. The molecule has 1 amide bonds. The van der Waals surface area contributed by atoms with Crippen LogP contribution in [0.1, 0.15) is 11.1 Å². The lowest BCUT2D eigenvalue weighted by Gasteiger charge is -2.15. The van der Waals surface area contributed by atoms with E-state index in [0.717, 1.165) is 21.3 Å². The van der Waals surface area contributed by atoms with Gasteiger partial charge in [0.05, 0.1) is 6.42 Å². The molecule has 24 heavy (non-hydrogen) atoms. The van der Waals surface area contributed by atoms with E-state index in [-0.39, 0.29) is 12.0 Å². The summed E-state index contributed by atoms with van der Waals surface area (Å²) in [7, 11) is 0. The molecule has 0 radical (unpaired) electrons. The van der Waals surface area contributed by atoms with Crippen molar-refractivity contribution in [1.29, 1.82) is 0 Å². The van der Waals surface area contributed by atoms with Crippen LogP contribution < -0.4 is 5.32 Å². The Hall–Kier alpha value is -2.03. The predicted octanol–water partition coefficient (Wildman–Crippen LogP) is 2.92. The maximum Gasteiger partial charge on any atom is 0.326 e. The average molecular weight is 445 g/mol. The predicted molar refractivity (Wildman–Crippen MR) is 92.5 cm³/mol. The van der Waals surface area contributed by atoms with Crippen molar-refractivity contribution >= 4 is 34.5 Å². The molecule has 0 saturated carbocycles. The van der Waals surface area contributed by atoms with E-state index in [4.69, 9.17) is 0 Å². The molecule has 0 aliphatic carbocycles. The molecule has 0 spiro atoms. The van der Waals surface area contributed by atoms with Crippen LogP contribution in [0, 0.1) is 15.2 Å². The zero-order chi connectivity index (χ0) is 17.7. The first-order valence-electron chi connectivity index (χ1n) is 7.06. The van der Waals surface area contributed by atoms with Crippen LogP contribution in [-0.4, -0.2) is 23.0 Å². The van der Waals surface area contributed by atoms with Crippen LogP contribution in [0.5, 0.6) is 0 Å². The molecular formula is C17H14F2INO3. The van der Waals surface area contributed by atoms with Gasteiger partial charge in [-0.2, -0.15) is 0 Å². The van der Waals surface area contributed by atoms with Gasteiger partial charge in [-0.3, -0.25) is 4.79 Å². The van der Waals surface area contributed by atoms with E-state index in [1.54, 1.807) is 12.1 Å². The molecule has 126 valence electrons. The number of carboxylic acids is 1. The number of rotatable bonds is 6. The van der Waals surface area contributed by atoms with Gasteiger partial charge in [0.2, 0.25) is 5.91 Å². The Kier molecular flexibility index (Phi) is 6.24. The SMILES string of the molecule is O=C(Cc1c(F)cccc1F)N[C@H](Cc1ccc(I)cc1)C(=O)O. The van der Waals surface area contributed by atoms with Gasteiger partial charge in [0, 0.05) is 15.6 Å². The number of hydrogen-bond donors (Lipinski definition) is 2. The fraction of sp³-hybridized carbons (Fsp3) is 0.176. The molecule has 0 unspecified atom stereocenters. The lowest BCUT2D eigenvalue weighted by Crippen LogP contribution is -2.43. The number of hydrogen-bond acceptors (Lipinski definition) is 2. The number of carboxylic acid groups (broad SMARTS) is 1. The van der Waals surface area contributed by atoms with Crippen LogP contribution in [-0.2, 0) is 22.4 Å². The minimum atomic E-state index is -1.21. The van der Waals surface area contributed by atoms with Crippen LogP contribution >= 0.6 is 22.6 Å². The molecule has 7 heteroatoms. The summed E-state index contributed by atoms with van der Waals surface area (Å²) in [4.78, 5) is 23.3. The molecule has 0 aliphatic heterocycles. The molecule has 0 bridgehead atoms. The number of halogens is 3. The molecule has 2 aromatic rings. The van der Waals surface area contributed by atoms with Crippen molar-refractivity contribution in [1.82, 2.24) is 5.32 Å². The maximum atomic E-state index is 13.6. The van der Waals surface area contributed by atoms with Gasteiger partial charge in [-0.1, -0.05) is 18.2 Å². The molecule has 2 rings (SSSR count). The highest BCUT2D eigenvalue weighted by Gasteiger charge is 2.22. The second-order valence-corrected chi connectivity index (χ2v) is 6.41. The summed E-state index contributed by atoms with van der Waals surface area (Å²) in [6.45, 7) is 0. The van der Waals surface area contributed by atoms with Gasteiger partial charge in [0.25, 0.3) is 0 Å². The standard InChI is InChI=1S/C17H14F2INO3/c18-13-2-1-3-14(19)12(13)9-16(22)21-15(17(23)24)8-10-4-6-11(20)7-5-10/h1-7,15H,8-9H2,(H,21,22)(H,23,24)/t15-/m1/s1. The summed E-state index contributed by atoms with van der Waals surface area (Å²) in [5, 5.41) is 11.6. The summed E-state index contributed by atoms with van der Waals surface area (Å²) in [5.74, 6) is -3.64. The van der Waals surface area contributed by atoms with Crippen molar-refractivity contribution in [3.05, 3.63) is 68.8 Å². The number of aliphatic carboxylic acids is 1. The number of carbonyl (C=O) groups excluding carboxylic acids is 1. The molecule has 1 atom stereocenters. The molecular weight excluding hydrogens is 431 g/mol. The van der Waals surface area contributed by atoms with E-state index in [2.05, 4.69) is 27.9 Å². The summed E-state index contributed by atoms with van der Waals surface area (Å²) >= 11 is 2.12. The fourth-order valence-electron chi connectivity index (χ4n) is 2.16. The quantitative estimate of drug-likeness (QED) is 0.673. The lowest BCUT2D eigenvalue weighted by molar-refractivity contribution is -0.141. The number of nitrogens with one attached hydrogen (secondary N) is 1. The third kappa shape index (κ3) is 4.98. The van der Waals surface area contributed by atoms with E-state index in [0.29, 0.717) is 0 Å². The molecule has 0 fully saturated rings. The lowest BCUT2D eigenvalue weighted by atomic mass is 10.1. The van der Waals surface area contributed by atoms with E-state index in [1.807, 2.05) is 12.1 Å². The Bertz CT molecular complexity index is 730. The third-order valence-electron chi connectivity index (χ3n) is 3.39. The second kappa shape index (κ2) is 8.18. The molecule has 0 saturated heterocycles. The van der Waals surface area contributed by atoms with Crippen molar-refractivity contribution in [2.75, 3.05) is 0 Å². The molecule has 2 aromatic carbocycles. The normalized spacial score (nSPS) is 11.8. The molecule has 0 aliphatic rings. The summed E-state index contributed by atoms with van der Waals surface area (Å²) < 4.78 is 28.1. The van der Waals surface area contributed by atoms with E-state index in [9.17, 15) is 23.5 Å². The Labute approximate surface area is 151 Å². The topological polar surface area (TPSA) is 66.4 Å². The minimum Gasteiger partial charge on any atom is -0.480 e. The van der Waals surface area contributed by atoms with Crippen LogP contribution in [0.25, 0.3) is 0 Å². The van der Waals surface area contributed by atoms with Crippen molar-refractivity contribution in [3.8, 4) is 0 Å². The van der Waals surface area contributed by atoms with Crippen LogP contribution in [0.15, 0.2) is 42.5 Å². The first kappa shape index (κ1) is 18.3. The van der Waals surface area contributed by atoms with Gasteiger partial charge in [-0.05, 0) is 52.4 Å². The van der Waals surface area contributed by atoms with Gasteiger partial charge < -0.3 is 10.4 Å². The zero-order valence-corrected chi connectivity index (χ0v) is 14.6. The minimum absolute atomic E-state index is 0.0811. The smallest absolute Gasteiger partial charge is 0.326 e. The number of amides is 1. The molecule has 0 heterocycles. The van der Waals surface area contributed by atoms with Crippen molar-refractivity contribution in [3.63, 3.8) is 0 Å². The summed E-state index contributed by atoms with van der Waals surface area (Å²) in [5.41, 5.74) is 0.355. The van der Waals surface area contributed by atoms with Crippen LogP contribution in [0.3, 0.4) is 0 Å². The highest BCUT2D eigenvalue weighted by Crippen LogP contribution is 2.13. The zero-order valence-electron chi connectivity index (χ0n) is 12.4. The van der Waals surface area contributed by atoms with Gasteiger partial charge in [-0.25, -0.2) is 13.6 Å². The third-order valence-corrected chi connectivity index (χ3v) is 4.10. The van der Waals surface area contributed by atoms with Gasteiger partial charge in [-0.15, -0.1) is 0 Å². The Morgan fingerprint density at radius 1 is 1.08 bits per heavy atom. The fourth-order valence-corrected chi connectivity index (χ4v) is 2.52. The van der Waals surface area contributed by atoms with Crippen LogP contribution in [0.4, 0.5) is 8.78 Å². The highest BCUT2D eigenvalue weighted by atomic mass is 127. The summed E-state index contributed by atoms with van der Waals surface area (Å²) in [6.07, 6.45) is -0.479. The van der Waals surface area contributed by atoms with Gasteiger partial charge in [0.1, 0.15) is 17.7 Å². The van der Waals surface area contributed by atoms with E-state index >= 15 is 0 Å². The first-order chi connectivity index (χ1) is 11.4. The Balaban J connectivity index is 2.06. The van der Waals surface area contributed by atoms with Crippen LogP contribution in [0.2, 0.25) is 0 Å². The molecule has 4 nitrogen and oxygen atoms in total. The van der Waals surface area contributed by atoms with Gasteiger partial charge in [0.15, 0.2) is 0 Å². The van der Waals surface area contributed by atoms with Crippen molar-refractivity contribution in [2.24, 2.45) is 0 Å². The highest BCUT2D eigenvalue weighted by molar-refractivity contribution is 14.1. The first-order valence-corrected chi connectivity index (χ1v) is 8.14. The average Bonchev–Trinajstić information content (AvgIpc) is 2.52. The monoisotopic (exact) mass is 445 g/mol.